The fraction of sp³-hybridized carbons (Fsp3) is 0.857. The summed E-state index contributed by atoms with van der Waals surface area (Å²) in [6, 6.07) is 0. The van der Waals surface area contributed by atoms with E-state index in [-0.39, 0.29) is 11.4 Å². The second kappa shape index (κ2) is 4.18. The first-order valence-electron chi connectivity index (χ1n) is 3.56. The van der Waals surface area contributed by atoms with Crippen molar-refractivity contribution < 1.29 is 9.94 Å². The number of amidine groups is 1. The van der Waals surface area contributed by atoms with E-state index in [1.807, 2.05) is 20.8 Å². The van der Waals surface area contributed by atoms with E-state index in [4.69, 9.17) is 15.7 Å². The number of oxime groups is 1. The van der Waals surface area contributed by atoms with Crippen LogP contribution >= 0.6 is 0 Å². The summed E-state index contributed by atoms with van der Waals surface area (Å²) in [6.07, 6.45) is 0.466. The minimum absolute atomic E-state index is 0.157. The standard InChI is InChI=1S/C7H16N2O2/c1-7(2,3)11-5-4-6(8)9-10/h10H,4-5H2,1-3H3,(H2,8,9). The summed E-state index contributed by atoms with van der Waals surface area (Å²) in [5, 5.41) is 11.0. The fourth-order valence-corrected chi connectivity index (χ4v) is 0.512. The molecule has 66 valence electrons. The fourth-order valence-electron chi connectivity index (χ4n) is 0.512. The third-order valence-corrected chi connectivity index (χ3v) is 1.02. The molecule has 0 aliphatic heterocycles. The minimum atomic E-state index is -0.157. The molecule has 0 saturated carbocycles. The number of nitrogens with zero attached hydrogens (tertiary/aromatic N) is 1. The van der Waals surface area contributed by atoms with Crippen LogP contribution in [0, 0.1) is 0 Å². The lowest BCUT2D eigenvalue weighted by Crippen LogP contribution is -2.23. The maximum absolute atomic E-state index is 8.17. The van der Waals surface area contributed by atoms with Gasteiger partial charge in [-0.25, -0.2) is 0 Å². The molecule has 0 fully saturated rings. The van der Waals surface area contributed by atoms with E-state index in [2.05, 4.69) is 5.16 Å². The van der Waals surface area contributed by atoms with Gasteiger partial charge in [-0.3, -0.25) is 0 Å². The third kappa shape index (κ3) is 7.12. The van der Waals surface area contributed by atoms with Crippen molar-refractivity contribution in [2.45, 2.75) is 32.8 Å². The van der Waals surface area contributed by atoms with Gasteiger partial charge >= 0.3 is 0 Å². The van der Waals surface area contributed by atoms with Crippen molar-refractivity contribution in [1.29, 1.82) is 0 Å². The van der Waals surface area contributed by atoms with Crippen LogP contribution in [0.3, 0.4) is 0 Å². The van der Waals surface area contributed by atoms with Gasteiger partial charge in [0.05, 0.1) is 12.2 Å². The highest BCUT2D eigenvalue weighted by atomic mass is 16.5. The minimum Gasteiger partial charge on any atom is -0.409 e. The van der Waals surface area contributed by atoms with Gasteiger partial charge in [0.1, 0.15) is 5.84 Å². The molecule has 4 heteroatoms. The number of hydrogen-bond acceptors (Lipinski definition) is 3. The third-order valence-electron chi connectivity index (χ3n) is 1.02. The van der Waals surface area contributed by atoms with Crippen LogP contribution in [0.25, 0.3) is 0 Å². The van der Waals surface area contributed by atoms with E-state index in [0.29, 0.717) is 13.0 Å². The van der Waals surface area contributed by atoms with Gasteiger partial charge in [0.2, 0.25) is 0 Å². The Balaban J connectivity index is 3.43. The first-order chi connectivity index (χ1) is 4.95. The Morgan fingerprint density at radius 3 is 2.45 bits per heavy atom. The highest BCUT2D eigenvalue weighted by Gasteiger charge is 2.09. The van der Waals surface area contributed by atoms with Crippen molar-refractivity contribution in [2.75, 3.05) is 6.61 Å². The number of hydrogen-bond donors (Lipinski definition) is 2. The molecule has 0 aliphatic carbocycles. The summed E-state index contributed by atoms with van der Waals surface area (Å²) in [7, 11) is 0. The van der Waals surface area contributed by atoms with Gasteiger partial charge in [-0.15, -0.1) is 0 Å². The molecule has 0 saturated heterocycles. The van der Waals surface area contributed by atoms with Crippen LogP contribution in [0.4, 0.5) is 0 Å². The van der Waals surface area contributed by atoms with E-state index >= 15 is 0 Å². The van der Waals surface area contributed by atoms with Gasteiger partial charge in [-0.2, -0.15) is 0 Å². The van der Waals surface area contributed by atoms with Crippen molar-refractivity contribution in [3.63, 3.8) is 0 Å². The molecule has 0 aromatic carbocycles. The van der Waals surface area contributed by atoms with E-state index in [1.165, 1.54) is 0 Å². The van der Waals surface area contributed by atoms with Crippen molar-refractivity contribution in [3.8, 4) is 0 Å². The molecular weight excluding hydrogens is 144 g/mol. The van der Waals surface area contributed by atoms with Crippen LogP contribution < -0.4 is 5.73 Å². The van der Waals surface area contributed by atoms with E-state index in [0.717, 1.165) is 0 Å². The van der Waals surface area contributed by atoms with Crippen LogP contribution in [-0.4, -0.2) is 23.3 Å². The number of nitrogens with two attached hydrogens (primary N) is 1. The zero-order chi connectivity index (χ0) is 8.91. The molecule has 0 spiro atoms. The van der Waals surface area contributed by atoms with E-state index < -0.39 is 0 Å². The quantitative estimate of drug-likeness (QED) is 0.279. The second-order valence-electron chi connectivity index (χ2n) is 3.30. The summed E-state index contributed by atoms with van der Waals surface area (Å²) in [4.78, 5) is 0. The molecule has 0 heterocycles. The van der Waals surface area contributed by atoms with Crippen molar-refractivity contribution in [1.82, 2.24) is 0 Å². The van der Waals surface area contributed by atoms with Gasteiger partial charge in [0, 0.05) is 6.42 Å². The van der Waals surface area contributed by atoms with Crippen LogP contribution in [0.2, 0.25) is 0 Å². The SMILES string of the molecule is CC(C)(C)OCCC(N)=NO. The molecule has 0 aromatic heterocycles. The summed E-state index contributed by atoms with van der Waals surface area (Å²) in [5.41, 5.74) is 5.07. The van der Waals surface area contributed by atoms with Crippen LogP contribution in [-0.2, 0) is 4.74 Å². The summed E-state index contributed by atoms with van der Waals surface area (Å²) >= 11 is 0. The normalized spacial score (nSPS) is 13.5. The molecule has 0 radical (unpaired) electrons. The van der Waals surface area contributed by atoms with Gasteiger partial charge in [0.25, 0.3) is 0 Å². The maximum atomic E-state index is 8.17. The predicted molar refractivity (Wildman–Crippen MR) is 43.7 cm³/mol. The Morgan fingerprint density at radius 2 is 2.09 bits per heavy atom. The van der Waals surface area contributed by atoms with Crippen molar-refractivity contribution >= 4 is 5.84 Å². The molecule has 0 aliphatic rings. The van der Waals surface area contributed by atoms with E-state index in [9.17, 15) is 0 Å². The van der Waals surface area contributed by atoms with Crippen LogP contribution in [0.5, 0.6) is 0 Å². The van der Waals surface area contributed by atoms with Gasteiger partial charge < -0.3 is 15.7 Å². The topological polar surface area (TPSA) is 67.8 Å². The molecule has 0 bridgehead atoms. The van der Waals surface area contributed by atoms with Crippen LogP contribution in [0.1, 0.15) is 27.2 Å². The highest BCUT2D eigenvalue weighted by molar-refractivity contribution is 5.79. The Morgan fingerprint density at radius 1 is 1.55 bits per heavy atom. The highest BCUT2D eigenvalue weighted by Crippen LogP contribution is 2.06. The monoisotopic (exact) mass is 160 g/mol. The molecular formula is C7H16N2O2. The molecule has 0 rings (SSSR count). The van der Waals surface area contributed by atoms with Gasteiger partial charge in [0.15, 0.2) is 0 Å². The Kier molecular flexibility index (Phi) is 3.89. The number of ether oxygens (including phenoxy) is 1. The zero-order valence-electron chi connectivity index (χ0n) is 7.29. The number of rotatable bonds is 3. The van der Waals surface area contributed by atoms with E-state index in [1.54, 1.807) is 0 Å². The molecule has 11 heavy (non-hydrogen) atoms. The summed E-state index contributed by atoms with van der Waals surface area (Å²) in [6.45, 7) is 6.36. The van der Waals surface area contributed by atoms with Gasteiger partial charge in [-0.05, 0) is 20.8 Å². The Labute approximate surface area is 67.0 Å². The largest absolute Gasteiger partial charge is 0.409 e. The lowest BCUT2D eigenvalue weighted by atomic mass is 10.2. The summed E-state index contributed by atoms with van der Waals surface area (Å²) < 4.78 is 5.33. The van der Waals surface area contributed by atoms with Crippen molar-refractivity contribution in [3.05, 3.63) is 0 Å². The molecule has 0 atom stereocenters. The molecule has 0 unspecified atom stereocenters. The Bertz CT molecular complexity index is 138. The first-order valence-corrected chi connectivity index (χ1v) is 3.56. The van der Waals surface area contributed by atoms with Crippen LogP contribution in [0.15, 0.2) is 5.16 Å². The molecule has 4 nitrogen and oxygen atoms in total. The van der Waals surface area contributed by atoms with Crippen molar-refractivity contribution in [2.24, 2.45) is 10.9 Å². The lowest BCUT2D eigenvalue weighted by Gasteiger charge is -2.18. The maximum Gasteiger partial charge on any atom is 0.141 e. The average Bonchev–Trinajstić information content (AvgIpc) is 1.85. The first kappa shape index (κ1) is 10.2. The smallest absolute Gasteiger partial charge is 0.141 e. The molecule has 3 N–H and O–H groups in total. The average molecular weight is 160 g/mol. The zero-order valence-corrected chi connectivity index (χ0v) is 7.29. The van der Waals surface area contributed by atoms with Gasteiger partial charge in [-0.1, -0.05) is 5.16 Å². The summed E-state index contributed by atoms with van der Waals surface area (Å²) in [5.74, 6) is 0.203. The molecule has 0 amide bonds. The molecule has 0 aromatic rings. The second-order valence-corrected chi connectivity index (χ2v) is 3.30. The Hall–Kier alpha value is -0.770. The lowest BCUT2D eigenvalue weighted by molar-refractivity contribution is 0.00106. The predicted octanol–water partition coefficient (Wildman–Crippen LogP) is 0.938.